The number of piperidine rings is 1. The average molecular weight is 213 g/mol. The third-order valence-electron chi connectivity index (χ3n) is 3.66. The first kappa shape index (κ1) is 11.3. The maximum absolute atomic E-state index is 10.1. The van der Waals surface area contributed by atoms with Crippen molar-refractivity contribution in [3.8, 4) is 0 Å². The van der Waals surface area contributed by atoms with Crippen LogP contribution >= 0.6 is 0 Å². The van der Waals surface area contributed by atoms with Crippen molar-refractivity contribution < 1.29 is 5.11 Å². The van der Waals surface area contributed by atoms with Crippen molar-refractivity contribution in [2.45, 2.75) is 30.9 Å². The maximum Gasteiger partial charge on any atom is 0.0907 e. The zero-order valence-corrected chi connectivity index (χ0v) is 9.63. The predicted octanol–water partition coefficient (Wildman–Crippen LogP) is -0.605. The molecule has 2 fully saturated rings. The summed E-state index contributed by atoms with van der Waals surface area (Å²) in [5, 5.41) is 16.9. The normalized spacial score (nSPS) is 34.8. The minimum absolute atomic E-state index is 0.497. The second-order valence-electron chi connectivity index (χ2n) is 5.11. The molecule has 2 rings (SSSR count). The summed E-state index contributed by atoms with van der Waals surface area (Å²) in [5.74, 6) is 0. The summed E-state index contributed by atoms with van der Waals surface area (Å²) in [5.41, 5.74) is -0.497. The van der Waals surface area contributed by atoms with Crippen LogP contribution in [0.15, 0.2) is 0 Å². The number of rotatable bonds is 3. The molecule has 0 aliphatic carbocycles. The first-order valence-corrected chi connectivity index (χ1v) is 6.03. The Hall–Kier alpha value is -0.160. The Balaban J connectivity index is 1.69. The Bertz CT molecular complexity index is 196. The van der Waals surface area contributed by atoms with Crippen LogP contribution in [-0.4, -0.2) is 61.4 Å². The van der Waals surface area contributed by atoms with Gasteiger partial charge in [-0.15, -0.1) is 0 Å². The lowest BCUT2D eigenvalue weighted by Crippen LogP contribution is -2.48. The van der Waals surface area contributed by atoms with Gasteiger partial charge in [-0.25, -0.2) is 0 Å². The molecule has 88 valence electrons. The first-order valence-electron chi connectivity index (χ1n) is 6.03. The summed E-state index contributed by atoms with van der Waals surface area (Å²) < 4.78 is 0. The van der Waals surface area contributed by atoms with Gasteiger partial charge in [0.05, 0.1) is 5.60 Å². The molecule has 0 aromatic heterocycles. The predicted molar refractivity (Wildman–Crippen MR) is 61.0 cm³/mol. The fourth-order valence-corrected chi connectivity index (χ4v) is 2.43. The molecular weight excluding hydrogens is 190 g/mol. The van der Waals surface area contributed by atoms with E-state index in [0.29, 0.717) is 6.04 Å². The summed E-state index contributed by atoms with van der Waals surface area (Å²) in [6, 6.07) is 0.603. The quantitative estimate of drug-likeness (QED) is 0.586. The highest BCUT2D eigenvalue weighted by atomic mass is 16.3. The van der Waals surface area contributed by atoms with Crippen LogP contribution in [0.4, 0.5) is 0 Å². The van der Waals surface area contributed by atoms with E-state index in [1.165, 1.54) is 25.9 Å². The maximum atomic E-state index is 10.1. The number of likely N-dealkylation sites (tertiary alicyclic amines) is 1. The SMILES string of the molecule is CN1CCC(NCC2(O)CCNC2)CC1. The van der Waals surface area contributed by atoms with Gasteiger partial charge in [-0.05, 0) is 45.9 Å². The highest BCUT2D eigenvalue weighted by Gasteiger charge is 2.31. The van der Waals surface area contributed by atoms with Crippen LogP contribution in [-0.2, 0) is 0 Å². The van der Waals surface area contributed by atoms with E-state index in [-0.39, 0.29) is 0 Å². The van der Waals surface area contributed by atoms with Crippen molar-refractivity contribution in [1.82, 2.24) is 15.5 Å². The molecule has 2 aliphatic heterocycles. The molecular formula is C11H23N3O. The number of hydrogen-bond donors (Lipinski definition) is 3. The van der Waals surface area contributed by atoms with Crippen molar-refractivity contribution in [1.29, 1.82) is 0 Å². The van der Waals surface area contributed by atoms with Gasteiger partial charge in [0.15, 0.2) is 0 Å². The topological polar surface area (TPSA) is 47.5 Å². The minimum Gasteiger partial charge on any atom is -0.387 e. The van der Waals surface area contributed by atoms with Crippen LogP contribution < -0.4 is 10.6 Å². The number of β-amino-alcohol motifs (C(OH)–C–C–N with tert-alkyl or cyclic N) is 1. The molecule has 1 atom stereocenters. The van der Waals surface area contributed by atoms with E-state index in [0.717, 1.165) is 26.1 Å². The summed E-state index contributed by atoms with van der Waals surface area (Å²) in [7, 11) is 2.17. The molecule has 0 spiro atoms. The second-order valence-corrected chi connectivity index (χ2v) is 5.11. The third kappa shape index (κ3) is 3.14. The van der Waals surface area contributed by atoms with Gasteiger partial charge in [-0.2, -0.15) is 0 Å². The lowest BCUT2D eigenvalue weighted by molar-refractivity contribution is 0.0550. The molecule has 3 N–H and O–H groups in total. The number of nitrogens with one attached hydrogen (secondary N) is 2. The fraction of sp³-hybridized carbons (Fsp3) is 1.00. The summed E-state index contributed by atoms with van der Waals surface area (Å²) in [4.78, 5) is 2.37. The third-order valence-corrected chi connectivity index (χ3v) is 3.66. The molecule has 4 nitrogen and oxygen atoms in total. The van der Waals surface area contributed by atoms with Gasteiger partial charge in [0, 0.05) is 19.1 Å². The van der Waals surface area contributed by atoms with Gasteiger partial charge >= 0.3 is 0 Å². The van der Waals surface area contributed by atoms with E-state index in [2.05, 4.69) is 22.6 Å². The van der Waals surface area contributed by atoms with Crippen LogP contribution in [0.5, 0.6) is 0 Å². The smallest absolute Gasteiger partial charge is 0.0907 e. The Morgan fingerprint density at radius 3 is 2.80 bits per heavy atom. The number of hydrogen-bond acceptors (Lipinski definition) is 4. The highest BCUT2D eigenvalue weighted by molar-refractivity contribution is 4.91. The van der Waals surface area contributed by atoms with E-state index in [1.54, 1.807) is 0 Å². The summed E-state index contributed by atoms with van der Waals surface area (Å²) in [6.07, 6.45) is 3.30. The zero-order chi connectivity index (χ0) is 10.7. The molecule has 0 aromatic rings. The molecule has 2 heterocycles. The fourth-order valence-electron chi connectivity index (χ4n) is 2.43. The molecule has 0 radical (unpaired) electrons. The Morgan fingerprint density at radius 2 is 2.20 bits per heavy atom. The lowest BCUT2D eigenvalue weighted by atomic mass is 10.0. The largest absolute Gasteiger partial charge is 0.387 e. The number of nitrogens with zero attached hydrogens (tertiary/aromatic N) is 1. The van der Waals surface area contributed by atoms with Gasteiger partial charge in [-0.1, -0.05) is 0 Å². The average Bonchev–Trinajstić information content (AvgIpc) is 2.65. The van der Waals surface area contributed by atoms with Crippen LogP contribution in [0.1, 0.15) is 19.3 Å². The minimum atomic E-state index is -0.497. The molecule has 0 amide bonds. The summed E-state index contributed by atoms with van der Waals surface area (Å²) in [6.45, 7) is 4.79. The lowest BCUT2D eigenvalue weighted by Gasteiger charge is -2.32. The monoisotopic (exact) mass is 213 g/mol. The van der Waals surface area contributed by atoms with E-state index < -0.39 is 5.60 Å². The van der Waals surface area contributed by atoms with Crippen molar-refractivity contribution in [2.24, 2.45) is 0 Å². The van der Waals surface area contributed by atoms with Crippen molar-refractivity contribution >= 4 is 0 Å². The van der Waals surface area contributed by atoms with Gasteiger partial charge in [0.25, 0.3) is 0 Å². The van der Waals surface area contributed by atoms with Gasteiger partial charge in [0.2, 0.25) is 0 Å². The Morgan fingerprint density at radius 1 is 1.47 bits per heavy atom. The van der Waals surface area contributed by atoms with Crippen molar-refractivity contribution in [2.75, 3.05) is 39.8 Å². The molecule has 4 heteroatoms. The van der Waals surface area contributed by atoms with E-state index >= 15 is 0 Å². The van der Waals surface area contributed by atoms with Crippen LogP contribution in [0.25, 0.3) is 0 Å². The molecule has 15 heavy (non-hydrogen) atoms. The highest BCUT2D eigenvalue weighted by Crippen LogP contribution is 2.14. The Labute approximate surface area is 92.0 Å². The van der Waals surface area contributed by atoms with E-state index in [4.69, 9.17) is 0 Å². The second kappa shape index (κ2) is 4.78. The van der Waals surface area contributed by atoms with E-state index in [1.807, 2.05) is 0 Å². The number of aliphatic hydroxyl groups is 1. The molecule has 0 saturated carbocycles. The van der Waals surface area contributed by atoms with Gasteiger partial charge < -0.3 is 20.6 Å². The van der Waals surface area contributed by atoms with Crippen LogP contribution in [0.3, 0.4) is 0 Å². The van der Waals surface area contributed by atoms with Gasteiger partial charge in [-0.3, -0.25) is 0 Å². The Kier molecular flexibility index (Phi) is 3.61. The van der Waals surface area contributed by atoms with Crippen molar-refractivity contribution in [3.05, 3.63) is 0 Å². The van der Waals surface area contributed by atoms with Gasteiger partial charge in [0.1, 0.15) is 0 Å². The molecule has 2 aliphatic rings. The molecule has 2 saturated heterocycles. The molecule has 0 aromatic carbocycles. The summed E-state index contributed by atoms with van der Waals surface area (Å²) >= 11 is 0. The molecule has 1 unspecified atom stereocenters. The van der Waals surface area contributed by atoms with E-state index in [9.17, 15) is 5.11 Å². The van der Waals surface area contributed by atoms with Crippen LogP contribution in [0.2, 0.25) is 0 Å². The first-order chi connectivity index (χ1) is 7.18. The molecule has 0 bridgehead atoms. The zero-order valence-electron chi connectivity index (χ0n) is 9.63. The van der Waals surface area contributed by atoms with Crippen LogP contribution in [0, 0.1) is 0 Å². The standard InChI is InChI=1S/C11H23N3O/c1-14-6-2-10(3-7-14)13-9-11(15)4-5-12-8-11/h10,12-13,15H,2-9H2,1H3. The van der Waals surface area contributed by atoms with Crippen molar-refractivity contribution in [3.63, 3.8) is 0 Å².